The lowest BCUT2D eigenvalue weighted by atomic mass is 10.00. The maximum atomic E-state index is 13.0. The van der Waals surface area contributed by atoms with Crippen LogP contribution in [0.5, 0.6) is 5.75 Å². The average Bonchev–Trinajstić information content (AvgIpc) is 3.08. The molecule has 2 heterocycles. The molecule has 0 spiro atoms. The second kappa shape index (κ2) is 6.79. The van der Waals surface area contributed by atoms with E-state index in [-0.39, 0.29) is 17.9 Å². The Kier molecular flexibility index (Phi) is 4.73. The molecule has 2 aliphatic rings. The van der Waals surface area contributed by atoms with E-state index >= 15 is 0 Å². The number of nitrogens with zero attached hydrogens (tertiary/aromatic N) is 2. The van der Waals surface area contributed by atoms with E-state index in [1.807, 2.05) is 0 Å². The first-order valence-corrected chi connectivity index (χ1v) is 8.83. The minimum absolute atomic E-state index is 0.144. The van der Waals surface area contributed by atoms with Gasteiger partial charge in [0.15, 0.2) is 11.6 Å². The van der Waals surface area contributed by atoms with E-state index in [0.29, 0.717) is 18.1 Å². The second-order valence-corrected chi connectivity index (χ2v) is 6.73. The minimum atomic E-state index is -1.54. The zero-order valence-electron chi connectivity index (χ0n) is 14.4. The Hall–Kier alpha value is -2.11. The summed E-state index contributed by atoms with van der Waals surface area (Å²) in [4.78, 5) is 31.7. The molecule has 0 saturated heterocycles. The average molecular weight is 331 g/mol. The van der Waals surface area contributed by atoms with Gasteiger partial charge in [-0.1, -0.05) is 26.2 Å². The van der Waals surface area contributed by atoms with Gasteiger partial charge in [0.1, 0.15) is 0 Å². The zero-order chi connectivity index (χ0) is 17.2. The number of carbonyl (C=O) groups is 2. The van der Waals surface area contributed by atoms with Gasteiger partial charge >= 0.3 is 0 Å². The first-order chi connectivity index (χ1) is 11.6. The molecule has 1 atom stereocenters. The van der Waals surface area contributed by atoms with Crippen LogP contribution in [0.25, 0.3) is 0 Å². The number of fused-ring (bicyclic) bond motifs is 1. The molecule has 1 N–H and O–H groups in total. The van der Waals surface area contributed by atoms with Crippen molar-refractivity contribution in [2.75, 3.05) is 11.4 Å². The largest absolute Gasteiger partial charge is 0.464 e. The van der Waals surface area contributed by atoms with Crippen LogP contribution >= 0.6 is 0 Å². The van der Waals surface area contributed by atoms with Gasteiger partial charge < -0.3 is 10.1 Å². The zero-order valence-corrected chi connectivity index (χ0v) is 14.4. The molecule has 0 bridgehead atoms. The van der Waals surface area contributed by atoms with Gasteiger partial charge in [0.25, 0.3) is 17.4 Å². The second-order valence-electron chi connectivity index (χ2n) is 6.73. The summed E-state index contributed by atoms with van der Waals surface area (Å²) in [6, 6.07) is 3.65. The molecule has 1 fully saturated rings. The monoisotopic (exact) mass is 331 g/mol. The summed E-state index contributed by atoms with van der Waals surface area (Å²) in [6.45, 7) is 4.17. The van der Waals surface area contributed by atoms with Crippen LogP contribution in [0, 0.1) is 0 Å². The van der Waals surface area contributed by atoms with E-state index in [9.17, 15) is 9.59 Å². The van der Waals surface area contributed by atoms with Gasteiger partial charge in [-0.05, 0) is 38.3 Å². The third kappa shape index (κ3) is 2.97. The van der Waals surface area contributed by atoms with E-state index in [1.165, 1.54) is 0 Å². The fourth-order valence-corrected chi connectivity index (χ4v) is 3.34. The van der Waals surface area contributed by atoms with Crippen LogP contribution in [0.1, 0.15) is 52.4 Å². The van der Waals surface area contributed by atoms with E-state index in [1.54, 1.807) is 30.2 Å². The first kappa shape index (κ1) is 16.7. The van der Waals surface area contributed by atoms with Crippen molar-refractivity contribution in [3.8, 4) is 5.75 Å². The normalized spacial score (nSPS) is 23.8. The van der Waals surface area contributed by atoms with Gasteiger partial charge in [-0.15, -0.1) is 0 Å². The Morgan fingerprint density at radius 3 is 2.92 bits per heavy atom. The number of pyridine rings is 1. The highest BCUT2D eigenvalue weighted by Gasteiger charge is 2.51. The summed E-state index contributed by atoms with van der Waals surface area (Å²) >= 11 is 0. The molecule has 130 valence electrons. The summed E-state index contributed by atoms with van der Waals surface area (Å²) < 4.78 is 5.85. The molecule has 3 rings (SSSR count). The highest BCUT2D eigenvalue weighted by Crippen LogP contribution is 2.36. The fourth-order valence-electron chi connectivity index (χ4n) is 3.34. The lowest BCUT2D eigenvalue weighted by Crippen LogP contribution is -2.63. The van der Waals surface area contributed by atoms with Crippen LogP contribution in [0.15, 0.2) is 18.3 Å². The number of anilines is 1. The maximum Gasteiger partial charge on any atom is 0.282 e. The van der Waals surface area contributed by atoms with Gasteiger partial charge in [-0.2, -0.15) is 0 Å². The van der Waals surface area contributed by atoms with Crippen molar-refractivity contribution in [2.24, 2.45) is 0 Å². The molecular formula is C18H25N3O3. The Labute approximate surface area is 142 Å². The lowest BCUT2D eigenvalue weighted by molar-refractivity contribution is -0.149. The number of hydrogen-bond donors (Lipinski definition) is 1. The molecule has 0 aromatic carbocycles. The van der Waals surface area contributed by atoms with Crippen molar-refractivity contribution < 1.29 is 14.3 Å². The number of unbranched alkanes of at least 4 members (excludes halogenated alkanes) is 1. The van der Waals surface area contributed by atoms with Crippen LogP contribution < -0.4 is 15.0 Å². The molecule has 24 heavy (non-hydrogen) atoms. The highest BCUT2D eigenvalue weighted by molar-refractivity contribution is 6.16. The number of nitrogens with one attached hydrogen (secondary N) is 1. The van der Waals surface area contributed by atoms with Gasteiger partial charge in [0.05, 0.1) is 0 Å². The van der Waals surface area contributed by atoms with Gasteiger partial charge in [0, 0.05) is 18.8 Å². The Morgan fingerprint density at radius 2 is 2.21 bits per heavy atom. The number of amides is 2. The van der Waals surface area contributed by atoms with E-state index < -0.39 is 5.60 Å². The molecule has 1 aromatic rings. The highest BCUT2D eigenvalue weighted by atomic mass is 16.5. The van der Waals surface area contributed by atoms with Crippen molar-refractivity contribution >= 4 is 17.6 Å². The number of carbonyl (C=O) groups excluding carboxylic acids is 2. The quantitative estimate of drug-likeness (QED) is 0.841. The smallest absolute Gasteiger partial charge is 0.282 e. The number of rotatable bonds is 5. The van der Waals surface area contributed by atoms with Crippen molar-refractivity contribution in [1.29, 1.82) is 0 Å². The first-order valence-electron chi connectivity index (χ1n) is 8.83. The summed E-state index contributed by atoms with van der Waals surface area (Å²) in [5.41, 5.74) is -1.54. The molecule has 1 aromatic heterocycles. The van der Waals surface area contributed by atoms with Gasteiger partial charge in [-0.3, -0.25) is 14.5 Å². The fraction of sp³-hybridized carbons (Fsp3) is 0.611. The molecule has 1 aliphatic heterocycles. The number of hydrogen-bond acceptors (Lipinski definition) is 4. The van der Waals surface area contributed by atoms with Crippen LogP contribution in [0.4, 0.5) is 5.82 Å². The molecule has 0 radical (unpaired) electrons. The predicted molar refractivity (Wildman–Crippen MR) is 90.9 cm³/mol. The van der Waals surface area contributed by atoms with Crippen molar-refractivity contribution in [1.82, 2.24) is 10.3 Å². The number of aromatic nitrogens is 1. The minimum Gasteiger partial charge on any atom is -0.464 e. The summed E-state index contributed by atoms with van der Waals surface area (Å²) in [5.74, 6) is 0.299. The lowest BCUT2D eigenvalue weighted by Gasteiger charge is -2.39. The standard InChI is InChI=1S/C18H25N3O3/c1-3-4-12-21-15-14(10-7-11-19-15)24-18(2,17(21)23)16(22)20-13-8-5-6-9-13/h7,10-11,13H,3-6,8-9,12H2,1-2H3,(H,20,22)/t18-/m1/s1. The predicted octanol–water partition coefficient (Wildman–Crippen LogP) is 2.42. The Balaban J connectivity index is 1.87. The van der Waals surface area contributed by atoms with E-state index in [0.717, 1.165) is 38.5 Å². The third-order valence-corrected chi connectivity index (χ3v) is 4.83. The Morgan fingerprint density at radius 1 is 1.46 bits per heavy atom. The summed E-state index contributed by atoms with van der Waals surface area (Å²) in [7, 11) is 0. The van der Waals surface area contributed by atoms with E-state index in [4.69, 9.17) is 4.74 Å². The van der Waals surface area contributed by atoms with Crippen LogP contribution in [-0.4, -0.2) is 35.0 Å². The molecule has 6 heteroatoms. The SMILES string of the molecule is CCCCN1C(=O)[C@@](C)(C(=O)NC2CCCC2)Oc2cccnc21. The van der Waals surface area contributed by atoms with E-state index in [2.05, 4.69) is 17.2 Å². The molecule has 0 unspecified atom stereocenters. The summed E-state index contributed by atoms with van der Waals surface area (Å²) in [6.07, 6.45) is 7.61. The van der Waals surface area contributed by atoms with Crippen LogP contribution in [0.3, 0.4) is 0 Å². The van der Waals surface area contributed by atoms with Gasteiger partial charge in [0.2, 0.25) is 0 Å². The maximum absolute atomic E-state index is 13.0. The molecule has 6 nitrogen and oxygen atoms in total. The third-order valence-electron chi connectivity index (χ3n) is 4.83. The molecule has 2 amide bonds. The molecule has 1 saturated carbocycles. The topological polar surface area (TPSA) is 71.5 Å². The van der Waals surface area contributed by atoms with Crippen molar-refractivity contribution in [2.45, 2.75) is 64.0 Å². The molecule has 1 aliphatic carbocycles. The van der Waals surface area contributed by atoms with Crippen molar-refractivity contribution in [3.63, 3.8) is 0 Å². The number of ether oxygens (including phenoxy) is 1. The van der Waals surface area contributed by atoms with Gasteiger partial charge in [-0.25, -0.2) is 4.98 Å². The van der Waals surface area contributed by atoms with Crippen molar-refractivity contribution in [3.05, 3.63) is 18.3 Å². The Bertz CT molecular complexity index is 628. The van der Waals surface area contributed by atoms with Crippen LogP contribution in [0.2, 0.25) is 0 Å². The molecular weight excluding hydrogens is 306 g/mol. The summed E-state index contributed by atoms with van der Waals surface area (Å²) in [5, 5.41) is 3.00. The van der Waals surface area contributed by atoms with Crippen LogP contribution in [-0.2, 0) is 9.59 Å².